The minimum atomic E-state index is -0.519. The van der Waals surface area contributed by atoms with Crippen LogP contribution >= 0.6 is 27.5 Å². The third-order valence-electron chi connectivity index (χ3n) is 8.13. The number of methoxy groups -OCH3 is 1. The summed E-state index contributed by atoms with van der Waals surface area (Å²) in [6.07, 6.45) is 2.35. The fraction of sp³-hybridized carbons (Fsp3) is 0.455. The molecule has 0 saturated heterocycles. The number of carbonyl (C=O) groups excluding carboxylic acids is 2. The Morgan fingerprint density at radius 2 is 1.48 bits per heavy atom. The van der Waals surface area contributed by atoms with E-state index in [1.807, 2.05) is 36.4 Å². The molecule has 0 atom stereocenters. The van der Waals surface area contributed by atoms with E-state index in [1.165, 1.54) is 0 Å². The zero-order valence-electron chi connectivity index (χ0n) is 23.9. The number of allylic oxidation sites excluding steroid dienone is 4. The highest BCUT2D eigenvalue weighted by molar-refractivity contribution is 9.10. The second-order valence-corrected chi connectivity index (χ2v) is 14.1. The van der Waals surface area contributed by atoms with Gasteiger partial charge in [-0.1, -0.05) is 67.4 Å². The monoisotopic (exact) mass is 625 g/mol. The van der Waals surface area contributed by atoms with Crippen molar-refractivity contribution in [1.82, 2.24) is 4.90 Å². The van der Waals surface area contributed by atoms with Crippen LogP contribution < -0.4 is 4.74 Å². The molecule has 3 aliphatic rings. The first-order valence-corrected chi connectivity index (χ1v) is 15.0. The van der Waals surface area contributed by atoms with E-state index in [9.17, 15) is 9.59 Å². The van der Waals surface area contributed by atoms with Crippen molar-refractivity contribution in [1.29, 1.82) is 0 Å². The summed E-state index contributed by atoms with van der Waals surface area (Å²) in [5.41, 5.74) is 4.84. The fourth-order valence-corrected chi connectivity index (χ4v) is 6.87. The summed E-state index contributed by atoms with van der Waals surface area (Å²) < 4.78 is 12.9. The van der Waals surface area contributed by atoms with Crippen molar-refractivity contribution in [3.05, 3.63) is 85.6 Å². The molecule has 0 bridgehead atoms. The molecule has 0 fully saturated rings. The third kappa shape index (κ3) is 5.81. The molecule has 1 heterocycles. The standard InChI is InChI=1S/C33H37BrClNO4/c1-32(2)15-24-30(26(37)17-32)29(31-25(36(24)12-13-39-5)16-33(3,4)18-27(31)38)23-14-22(35)10-11-28(23)40-19-20-6-8-21(34)9-7-20/h6-11,14,29H,12-13,15-19H2,1-5H3. The van der Waals surface area contributed by atoms with Gasteiger partial charge in [-0.2, -0.15) is 0 Å². The van der Waals surface area contributed by atoms with E-state index in [-0.39, 0.29) is 22.4 Å². The van der Waals surface area contributed by atoms with E-state index in [4.69, 9.17) is 21.1 Å². The number of ether oxygens (including phenoxy) is 2. The molecule has 7 heteroatoms. The smallest absolute Gasteiger partial charge is 0.162 e. The number of benzene rings is 2. The highest BCUT2D eigenvalue weighted by Crippen LogP contribution is 2.55. The molecule has 1 aliphatic heterocycles. The maximum Gasteiger partial charge on any atom is 0.162 e. The van der Waals surface area contributed by atoms with Gasteiger partial charge in [-0.15, -0.1) is 0 Å². The average molecular weight is 627 g/mol. The molecule has 0 spiro atoms. The van der Waals surface area contributed by atoms with E-state index in [2.05, 4.69) is 48.5 Å². The molecule has 2 aliphatic carbocycles. The van der Waals surface area contributed by atoms with E-state index in [0.717, 1.165) is 39.8 Å². The van der Waals surface area contributed by atoms with Crippen molar-refractivity contribution in [3.63, 3.8) is 0 Å². The molecule has 0 amide bonds. The van der Waals surface area contributed by atoms with Crippen LogP contribution in [-0.4, -0.2) is 36.7 Å². The van der Waals surface area contributed by atoms with Crippen molar-refractivity contribution in [3.8, 4) is 5.75 Å². The average Bonchev–Trinajstić information content (AvgIpc) is 2.86. The molecular weight excluding hydrogens is 590 g/mol. The van der Waals surface area contributed by atoms with Crippen molar-refractivity contribution < 1.29 is 19.1 Å². The van der Waals surface area contributed by atoms with E-state index in [0.29, 0.717) is 54.5 Å². The molecular formula is C33H37BrClNO4. The zero-order chi connectivity index (χ0) is 28.8. The molecule has 0 aromatic heterocycles. The maximum absolute atomic E-state index is 14.0. The summed E-state index contributed by atoms with van der Waals surface area (Å²) in [7, 11) is 1.68. The molecule has 0 radical (unpaired) electrons. The topological polar surface area (TPSA) is 55.8 Å². The Morgan fingerprint density at radius 1 is 0.900 bits per heavy atom. The van der Waals surface area contributed by atoms with Crippen LogP contribution in [0.2, 0.25) is 5.02 Å². The van der Waals surface area contributed by atoms with Gasteiger partial charge >= 0.3 is 0 Å². The molecule has 2 aromatic rings. The third-order valence-corrected chi connectivity index (χ3v) is 8.90. The minimum Gasteiger partial charge on any atom is -0.489 e. The number of hydrogen-bond acceptors (Lipinski definition) is 5. The summed E-state index contributed by atoms with van der Waals surface area (Å²) in [5, 5.41) is 0.546. The maximum atomic E-state index is 14.0. The van der Waals surface area contributed by atoms with Gasteiger partial charge in [0.05, 0.1) is 6.61 Å². The summed E-state index contributed by atoms with van der Waals surface area (Å²) in [5.74, 6) is 0.287. The first-order chi connectivity index (χ1) is 18.9. The molecule has 0 unspecified atom stereocenters. The van der Waals surface area contributed by atoms with Crippen molar-refractivity contribution in [2.45, 2.75) is 65.9 Å². The van der Waals surface area contributed by atoms with E-state index >= 15 is 0 Å². The van der Waals surface area contributed by atoms with Gasteiger partial charge in [0.2, 0.25) is 0 Å². The van der Waals surface area contributed by atoms with Crippen LogP contribution in [0.15, 0.2) is 69.5 Å². The Morgan fingerprint density at radius 3 is 2.02 bits per heavy atom. The van der Waals surface area contributed by atoms with Gasteiger partial charge in [0.15, 0.2) is 11.6 Å². The number of hydrogen-bond donors (Lipinski definition) is 0. The lowest BCUT2D eigenvalue weighted by atomic mass is 9.63. The lowest BCUT2D eigenvalue weighted by Gasteiger charge is -2.49. The van der Waals surface area contributed by atoms with Gasteiger partial charge in [0.25, 0.3) is 0 Å². The predicted molar refractivity (Wildman–Crippen MR) is 161 cm³/mol. The number of Topliss-reactive ketones (excluding diaryl/α,β-unsaturated/α-hetero) is 2. The first kappa shape index (κ1) is 29.1. The molecule has 0 saturated carbocycles. The Bertz CT molecular complexity index is 1350. The molecule has 5 rings (SSSR count). The van der Waals surface area contributed by atoms with Crippen molar-refractivity contribution in [2.75, 3.05) is 20.3 Å². The van der Waals surface area contributed by atoms with Crippen LogP contribution in [-0.2, 0) is 20.9 Å². The predicted octanol–water partition coefficient (Wildman–Crippen LogP) is 8.01. The van der Waals surface area contributed by atoms with E-state index in [1.54, 1.807) is 13.2 Å². The van der Waals surface area contributed by atoms with Crippen LogP contribution in [0, 0.1) is 10.8 Å². The van der Waals surface area contributed by atoms with Crippen molar-refractivity contribution in [2.24, 2.45) is 10.8 Å². The fourth-order valence-electron chi connectivity index (χ4n) is 6.43. The Kier molecular flexibility index (Phi) is 8.08. The van der Waals surface area contributed by atoms with E-state index < -0.39 is 5.92 Å². The Labute approximate surface area is 250 Å². The number of halogens is 2. The normalized spacial score (nSPS) is 20.5. The number of rotatable bonds is 7. The van der Waals surface area contributed by atoms with Gasteiger partial charge in [-0.3, -0.25) is 9.59 Å². The molecule has 212 valence electrons. The number of nitrogens with zero attached hydrogens (tertiary/aromatic N) is 1. The van der Waals surface area contributed by atoms with Gasteiger partial charge in [-0.05, 0) is 59.6 Å². The van der Waals surface area contributed by atoms with Crippen LogP contribution in [0.25, 0.3) is 0 Å². The van der Waals surface area contributed by atoms with Gasteiger partial charge in [0, 0.05) is 70.0 Å². The SMILES string of the molecule is COCCN1C2=C(C(=O)CC(C)(C)C2)C(c2cc(Cl)ccc2OCc2ccc(Br)cc2)C2=C1CC(C)(C)CC2=O. The highest BCUT2D eigenvalue weighted by atomic mass is 79.9. The van der Waals surface area contributed by atoms with Crippen LogP contribution in [0.4, 0.5) is 0 Å². The molecule has 5 nitrogen and oxygen atoms in total. The highest BCUT2D eigenvalue weighted by Gasteiger charge is 2.49. The Hall–Kier alpha value is -2.41. The molecule has 40 heavy (non-hydrogen) atoms. The molecule has 0 N–H and O–H groups in total. The van der Waals surface area contributed by atoms with Gasteiger partial charge in [0.1, 0.15) is 12.4 Å². The summed E-state index contributed by atoms with van der Waals surface area (Å²) in [6.45, 7) is 10.0. The summed E-state index contributed by atoms with van der Waals surface area (Å²) in [6, 6.07) is 13.5. The minimum absolute atomic E-state index is 0.0849. The summed E-state index contributed by atoms with van der Waals surface area (Å²) in [4.78, 5) is 30.3. The lowest BCUT2D eigenvalue weighted by molar-refractivity contribution is -0.119. The quantitative estimate of drug-likeness (QED) is 0.312. The molecule has 2 aromatic carbocycles. The lowest BCUT2D eigenvalue weighted by Crippen LogP contribution is -2.45. The van der Waals surface area contributed by atoms with Gasteiger partial charge in [-0.25, -0.2) is 0 Å². The summed E-state index contributed by atoms with van der Waals surface area (Å²) >= 11 is 10.1. The van der Waals surface area contributed by atoms with Crippen LogP contribution in [0.1, 0.15) is 70.4 Å². The number of ketones is 2. The Balaban J connectivity index is 1.69. The van der Waals surface area contributed by atoms with Crippen LogP contribution in [0.5, 0.6) is 5.75 Å². The van der Waals surface area contributed by atoms with Gasteiger partial charge < -0.3 is 14.4 Å². The van der Waals surface area contributed by atoms with Crippen molar-refractivity contribution >= 4 is 39.1 Å². The largest absolute Gasteiger partial charge is 0.489 e. The zero-order valence-corrected chi connectivity index (χ0v) is 26.2. The van der Waals surface area contributed by atoms with Crippen LogP contribution in [0.3, 0.4) is 0 Å². The first-order valence-electron chi connectivity index (χ1n) is 13.8. The second kappa shape index (κ2) is 11.1. The second-order valence-electron chi connectivity index (χ2n) is 12.8. The number of carbonyl (C=O) groups is 2.